The molecule has 1 rings (SSSR count). The summed E-state index contributed by atoms with van der Waals surface area (Å²) in [5, 5.41) is 1.47. The largest absolute Gasteiger partial charge is 0.497 e. The highest BCUT2D eigenvalue weighted by atomic mass is 31.1. The Hall–Kier alpha value is -0.550. The second kappa shape index (κ2) is 13.6. The summed E-state index contributed by atoms with van der Waals surface area (Å²) in [5.41, 5.74) is 0. The summed E-state index contributed by atoms with van der Waals surface area (Å²) < 4.78 is 5.22. The van der Waals surface area contributed by atoms with Crippen LogP contribution in [0.15, 0.2) is 24.3 Å². The van der Waals surface area contributed by atoms with Crippen LogP contribution in [0.5, 0.6) is 5.75 Å². The van der Waals surface area contributed by atoms with Crippen molar-refractivity contribution in [1.82, 2.24) is 0 Å². The fourth-order valence-corrected chi connectivity index (χ4v) is 4.37. The predicted molar refractivity (Wildman–Crippen MR) is 116 cm³/mol. The van der Waals surface area contributed by atoms with Crippen LogP contribution in [0.3, 0.4) is 0 Å². The fraction of sp³-hybridized carbons (Fsp3) is 0.739. The molecule has 2 heteroatoms. The first-order valence-electron chi connectivity index (χ1n) is 10.4. The van der Waals surface area contributed by atoms with Crippen molar-refractivity contribution < 1.29 is 4.74 Å². The standard InChI is InChI=1S/C23H41OP/c1-19(2)10-12-21(13-11-20(3)4)9-7-6-8-18-25-23-16-14-22(24-5)15-17-23/h14-17,19-21,25H,6-13,18H2,1-5H3. The van der Waals surface area contributed by atoms with Crippen LogP contribution in [-0.2, 0) is 0 Å². The van der Waals surface area contributed by atoms with E-state index < -0.39 is 0 Å². The lowest BCUT2D eigenvalue weighted by Crippen LogP contribution is -2.05. The van der Waals surface area contributed by atoms with Gasteiger partial charge in [0.25, 0.3) is 0 Å². The summed E-state index contributed by atoms with van der Waals surface area (Å²) in [6.45, 7) is 9.44. The molecule has 1 aromatic carbocycles. The SMILES string of the molecule is COc1ccc(PCCCCCC(CCC(C)C)CCC(C)C)cc1. The van der Waals surface area contributed by atoms with Gasteiger partial charge >= 0.3 is 0 Å². The van der Waals surface area contributed by atoms with Crippen LogP contribution in [0.25, 0.3) is 0 Å². The van der Waals surface area contributed by atoms with Crippen molar-refractivity contribution in [2.45, 2.75) is 79.1 Å². The maximum atomic E-state index is 5.22. The summed E-state index contributed by atoms with van der Waals surface area (Å²) in [4.78, 5) is 0. The molecule has 0 fully saturated rings. The van der Waals surface area contributed by atoms with Crippen LogP contribution in [0, 0.1) is 17.8 Å². The summed E-state index contributed by atoms with van der Waals surface area (Å²) >= 11 is 0. The predicted octanol–water partition coefficient (Wildman–Crippen LogP) is 7.05. The molecular formula is C23H41OP. The van der Waals surface area contributed by atoms with Gasteiger partial charge in [-0.3, -0.25) is 0 Å². The second-order valence-corrected chi connectivity index (χ2v) is 9.74. The number of hydrogen-bond donors (Lipinski definition) is 0. The Morgan fingerprint density at radius 3 is 1.88 bits per heavy atom. The van der Waals surface area contributed by atoms with Gasteiger partial charge in [0.1, 0.15) is 5.75 Å². The van der Waals surface area contributed by atoms with Crippen molar-refractivity contribution in [3.63, 3.8) is 0 Å². The first-order valence-corrected chi connectivity index (χ1v) is 11.6. The zero-order chi connectivity index (χ0) is 18.5. The van der Waals surface area contributed by atoms with E-state index in [4.69, 9.17) is 4.74 Å². The molecule has 1 unspecified atom stereocenters. The van der Waals surface area contributed by atoms with Gasteiger partial charge in [0.05, 0.1) is 7.11 Å². The minimum absolute atomic E-state index is 0.854. The van der Waals surface area contributed by atoms with E-state index in [1.807, 2.05) is 0 Å². The summed E-state index contributed by atoms with van der Waals surface area (Å²) in [6, 6.07) is 8.59. The van der Waals surface area contributed by atoms with E-state index in [1.54, 1.807) is 7.11 Å². The van der Waals surface area contributed by atoms with Crippen LogP contribution in [-0.4, -0.2) is 13.3 Å². The van der Waals surface area contributed by atoms with Crippen molar-refractivity contribution >= 4 is 13.9 Å². The van der Waals surface area contributed by atoms with E-state index in [0.717, 1.165) is 32.1 Å². The van der Waals surface area contributed by atoms with E-state index in [2.05, 4.69) is 52.0 Å². The van der Waals surface area contributed by atoms with Gasteiger partial charge in [-0.2, -0.15) is 0 Å². The number of unbranched alkanes of at least 4 members (excludes halogenated alkanes) is 2. The molecule has 0 radical (unpaired) electrons. The lowest BCUT2D eigenvalue weighted by Gasteiger charge is -2.19. The van der Waals surface area contributed by atoms with Crippen molar-refractivity contribution in [1.29, 1.82) is 0 Å². The van der Waals surface area contributed by atoms with Crippen LogP contribution in [0.2, 0.25) is 0 Å². The summed E-state index contributed by atoms with van der Waals surface area (Å²) in [6.07, 6.45) is 12.7. The zero-order valence-corrected chi connectivity index (χ0v) is 18.3. The maximum Gasteiger partial charge on any atom is 0.118 e. The number of methoxy groups -OCH3 is 1. The first-order chi connectivity index (χ1) is 12.0. The molecule has 0 saturated carbocycles. The minimum Gasteiger partial charge on any atom is -0.497 e. The molecular weight excluding hydrogens is 323 g/mol. The van der Waals surface area contributed by atoms with Crippen molar-refractivity contribution in [2.75, 3.05) is 13.3 Å². The minimum atomic E-state index is 0.854. The van der Waals surface area contributed by atoms with Crippen molar-refractivity contribution in [3.05, 3.63) is 24.3 Å². The van der Waals surface area contributed by atoms with E-state index in [1.165, 1.54) is 62.8 Å². The normalized spacial score (nSPS) is 12.2. The molecule has 0 aliphatic carbocycles. The second-order valence-electron chi connectivity index (χ2n) is 8.31. The average molecular weight is 365 g/mol. The Morgan fingerprint density at radius 2 is 1.36 bits per heavy atom. The molecule has 1 aromatic rings. The molecule has 0 heterocycles. The van der Waals surface area contributed by atoms with Gasteiger partial charge in [-0.1, -0.05) is 93.4 Å². The van der Waals surface area contributed by atoms with Gasteiger partial charge in [-0.05, 0) is 47.8 Å². The molecule has 0 spiro atoms. The van der Waals surface area contributed by atoms with Gasteiger partial charge in [0, 0.05) is 0 Å². The molecule has 25 heavy (non-hydrogen) atoms. The van der Waals surface area contributed by atoms with Crippen LogP contribution in [0.4, 0.5) is 0 Å². The van der Waals surface area contributed by atoms with Gasteiger partial charge in [0.15, 0.2) is 0 Å². The monoisotopic (exact) mass is 364 g/mol. The lowest BCUT2D eigenvalue weighted by molar-refractivity contribution is 0.341. The third-order valence-electron chi connectivity index (χ3n) is 5.01. The van der Waals surface area contributed by atoms with Gasteiger partial charge in [-0.15, -0.1) is 0 Å². The lowest BCUT2D eigenvalue weighted by atomic mass is 9.87. The van der Waals surface area contributed by atoms with Crippen LogP contribution < -0.4 is 10.0 Å². The number of benzene rings is 1. The van der Waals surface area contributed by atoms with Gasteiger partial charge in [0.2, 0.25) is 0 Å². The fourth-order valence-electron chi connectivity index (χ4n) is 3.25. The molecule has 0 aliphatic heterocycles. The molecule has 0 aromatic heterocycles. The van der Waals surface area contributed by atoms with E-state index in [-0.39, 0.29) is 0 Å². The Kier molecular flexibility index (Phi) is 12.3. The molecule has 144 valence electrons. The topological polar surface area (TPSA) is 9.23 Å². The Morgan fingerprint density at radius 1 is 0.760 bits per heavy atom. The Labute approximate surface area is 159 Å². The number of hydrogen-bond acceptors (Lipinski definition) is 1. The molecule has 0 aliphatic rings. The molecule has 0 N–H and O–H groups in total. The molecule has 0 saturated heterocycles. The Balaban J connectivity index is 2.16. The number of ether oxygens (including phenoxy) is 1. The Bertz CT molecular complexity index is 412. The third kappa shape index (κ3) is 11.6. The van der Waals surface area contributed by atoms with Gasteiger partial charge < -0.3 is 4.74 Å². The smallest absolute Gasteiger partial charge is 0.118 e. The van der Waals surface area contributed by atoms with E-state index >= 15 is 0 Å². The summed E-state index contributed by atoms with van der Waals surface area (Å²) in [7, 11) is 2.68. The highest BCUT2D eigenvalue weighted by molar-refractivity contribution is 7.47. The van der Waals surface area contributed by atoms with Gasteiger partial charge in [-0.25, -0.2) is 0 Å². The highest BCUT2D eigenvalue weighted by Crippen LogP contribution is 2.25. The third-order valence-corrected chi connectivity index (χ3v) is 6.36. The van der Waals surface area contributed by atoms with Crippen molar-refractivity contribution in [2.24, 2.45) is 17.8 Å². The molecule has 0 amide bonds. The summed E-state index contributed by atoms with van der Waals surface area (Å²) in [5.74, 6) is 3.63. The highest BCUT2D eigenvalue weighted by Gasteiger charge is 2.10. The molecule has 1 atom stereocenters. The van der Waals surface area contributed by atoms with E-state index in [9.17, 15) is 0 Å². The molecule has 0 bridgehead atoms. The quantitative estimate of drug-likeness (QED) is 0.254. The number of rotatable bonds is 14. The molecule has 1 nitrogen and oxygen atoms in total. The zero-order valence-electron chi connectivity index (χ0n) is 17.3. The van der Waals surface area contributed by atoms with Crippen LogP contribution in [0.1, 0.15) is 79.1 Å². The average Bonchev–Trinajstić information content (AvgIpc) is 2.59. The van der Waals surface area contributed by atoms with E-state index in [0.29, 0.717) is 0 Å². The first kappa shape index (κ1) is 22.5. The van der Waals surface area contributed by atoms with Crippen LogP contribution >= 0.6 is 8.58 Å². The van der Waals surface area contributed by atoms with Crippen molar-refractivity contribution in [3.8, 4) is 5.75 Å². The maximum absolute atomic E-state index is 5.22.